The van der Waals surface area contributed by atoms with Gasteiger partial charge in [-0.2, -0.15) is 0 Å². The lowest BCUT2D eigenvalue weighted by molar-refractivity contribution is -0.136. The van der Waals surface area contributed by atoms with Crippen LogP contribution in [0.1, 0.15) is 46.0 Å². The van der Waals surface area contributed by atoms with Crippen molar-refractivity contribution in [1.29, 1.82) is 0 Å². The van der Waals surface area contributed by atoms with Crippen LogP contribution in [-0.4, -0.2) is 77.9 Å². The van der Waals surface area contributed by atoms with Crippen molar-refractivity contribution in [2.24, 2.45) is 5.73 Å². The van der Waals surface area contributed by atoms with Crippen LogP contribution in [0.25, 0.3) is 0 Å². The maximum absolute atomic E-state index is 12.7. The highest BCUT2D eigenvalue weighted by Crippen LogP contribution is 2.29. The molecule has 2 rings (SSSR count). The van der Waals surface area contributed by atoms with Gasteiger partial charge in [0.2, 0.25) is 11.8 Å². The van der Waals surface area contributed by atoms with E-state index in [1.807, 2.05) is 23.6 Å². The lowest BCUT2D eigenvalue weighted by Crippen LogP contribution is -2.54. The van der Waals surface area contributed by atoms with E-state index in [9.17, 15) is 9.59 Å². The number of likely N-dealkylation sites (N-methyl/N-ethyl adjacent to an activating group) is 1. The first-order valence-corrected chi connectivity index (χ1v) is 9.08. The Morgan fingerprint density at radius 3 is 2.26 bits per heavy atom. The Morgan fingerprint density at radius 2 is 1.65 bits per heavy atom. The number of hydrogen-bond acceptors (Lipinski definition) is 4. The number of carbonyl (C=O) groups excluding carboxylic acids is 2. The minimum absolute atomic E-state index is 0.118. The van der Waals surface area contributed by atoms with Gasteiger partial charge in [-0.05, 0) is 33.1 Å². The van der Waals surface area contributed by atoms with Crippen LogP contribution in [0.2, 0.25) is 0 Å². The molecule has 0 aromatic rings. The molecule has 0 atom stereocenters. The summed E-state index contributed by atoms with van der Waals surface area (Å²) in [5.41, 5.74) is 5.68. The van der Waals surface area contributed by atoms with Crippen LogP contribution >= 0.6 is 0 Å². The highest BCUT2D eigenvalue weighted by Gasteiger charge is 2.40. The maximum atomic E-state index is 12.7. The molecule has 23 heavy (non-hydrogen) atoms. The quantitative estimate of drug-likeness (QED) is 0.806. The molecule has 0 radical (unpaired) electrons. The Hall–Kier alpha value is -1.14. The fraction of sp³-hybridized carbons (Fsp3) is 0.882. The van der Waals surface area contributed by atoms with Crippen molar-refractivity contribution in [3.8, 4) is 0 Å². The van der Waals surface area contributed by atoms with E-state index in [-0.39, 0.29) is 11.8 Å². The topological polar surface area (TPSA) is 69.9 Å². The van der Waals surface area contributed by atoms with Crippen LogP contribution in [0, 0.1) is 0 Å². The molecule has 0 spiro atoms. The Kier molecular flexibility index (Phi) is 6.41. The molecule has 132 valence electrons. The highest BCUT2D eigenvalue weighted by molar-refractivity contribution is 5.86. The molecule has 1 heterocycles. The Bertz CT molecular complexity index is 417. The summed E-state index contributed by atoms with van der Waals surface area (Å²) in [6.45, 7) is 9.05. The van der Waals surface area contributed by atoms with Gasteiger partial charge in [-0.25, -0.2) is 0 Å². The van der Waals surface area contributed by atoms with Crippen molar-refractivity contribution in [3.63, 3.8) is 0 Å². The molecule has 0 aromatic carbocycles. The van der Waals surface area contributed by atoms with E-state index in [4.69, 9.17) is 5.73 Å². The maximum Gasteiger partial charge on any atom is 0.242 e. The zero-order chi connectivity index (χ0) is 16.9. The molecule has 6 nitrogen and oxygen atoms in total. The summed E-state index contributed by atoms with van der Waals surface area (Å²) in [5, 5.41) is 0. The number of amides is 2. The zero-order valence-corrected chi connectivity index (χ0v) is 14.7. The molecule has 1 aliphatic carbocycles. The van der Waals surface area contributed by atoms with Gasteiger partial charge in [-0.1, -0.05) is 12.8 Å². The summed E-state index contributed by atoms with van der Waals surface area (Å²) in [6, 6.07) is 0. The Balaban J connectivity index is 1.87. The van der Waals surface area contributed by atoms with Crippen LogP contribution < -0.4 is 5.73 Å². The zero-order valence-electron chi connectivity index (χ0n) is 14.7. The number of rotatable bonds is 5. The van der Waals surface area contributed by atoms with E-state index >= 15 is 0 Å². The lowest BCUT2D eigenvalue weighted by atomic mass is 9.97. The molecular formula is C17H32N4O2. The smallest absolute Gasteiger partial charge is 0.242 e. The Labute approximate surface area is 140 Å². The molecule has 1 saturated carbocycles. The number of carbonyl (C=O) groups is 2. The third-order valence-corrected chi connectivity index (χ3v) is 5.27. The van der Waals surface area contributed by atoms with Crippen LogP contribution in [0.5, 0.6) is 0 Å². The fourth-order valence-electron chi connectivity index (χ4n) is 3.73. The molecule has 2 N–H and O–H groups in total. The molecule has 1 saturated heterocycles. The first-order valence-electron chi connectivity index (χ1n) is 9.08. The fourth-order valence-corrected chi connectivity index (χ4v) is 3.73. The van der Waals surface area contributed by atoms with Gasteiger partial charge in [0.15, 0.2) is 0 Å². The van der Waals surface area contributed by atoms with Crippen molar-refractivity contribution in [2.75, 3.05) is 45.8 Å². The van der Waals surface area contributed by atoms with Crippen LogP contribution in [0.3, 0.4) is 0 Å². The standard InChI is InChI=1S/C17H32N4O2/c1-3-20(4-2)15(22)14-19-10-7-11-21(13-12-19)16(23)17(18)8-5-6-9-17/h3-14,18H2,1-2H3. The van der Waals surface area contributed by atoms with Gasteiger partial charge < -0.3 is 15.5 Å². The second-order valence-corrected chi connectivity index (χ2v) is 6.85. The molecule has 2 fully saturated rings. The molecule has 1 aliphatic heterocycles. The minimum atomic E-state index is -0.633. The molecule has 0 aromatic heterocycles. The molecule has 6 heteroatoms. The summed E-state index contributed by atoms with van der Waals surface area (Å²) in [6.07, 6.45) is 4.65. The third-order valence-electron chi connectivity index (χ3n) is 5.27. The summed E-state index contributed by atoms with van der Waals surface area (Å²) >= 11 is 0. The number of hydrogen-bond donors (Lipinski definition) is 1. The van der Waals surface area contributed by atoms with Gasteiger partial charge in [-0.3, -0.25) is 14.5 Å². The van der Waals surface area contributed by atoms with Gasteiger partial charge in [0.05, 0.1) is 12.1 Å². The van der Waals surface area contributed by atoms with Crippen molar-refractivity contribution >= 4 is 11.8 Å². The molecule has 2 amide bonds. The van der Waals surface area contributed by atoms with Crippen LogP contribution in [0.4, 0.5) is 0 Å². The van der Waals surface area contributed by atoms with Crippen molar-refractivity contribution in [2.45, 2.75) is 51.5 Å². The largest absolute Gasteiger partial charge is 0.342 e. The summed E-state index contributed by atoms with van der Waals surface area (Å²) in [4.78, 5) is 30.9. The molecule has 2 aliphatic rings. The van der Waals surface area contributed by atoms with Crippen molar-refractivity contribution in [3.05, 3.63) is 0 Å². The van der Waals surface area contributed by atoms with Gasteiger partial charge in [0, 0.05) is 39.3 Å². The first-order chi connectivity index (χ1) is 11.0. The SMILES string of the molecule is CCN(CC)C(=O)CN1CCCN(C(=O)C2(N)CCCC2)CC1. The lowest BCUT2D eigenvalue weighted by Gasteiger charge is -2.31. The Morgan fingerprint density at radius 1 is 1.00 bits per heavy atom. The van der Waals surface area contributed by atoms with E-state index in [1.165, 1.54) is 0 Å². The summed E-state index contributed by atoms with van der Waals surface area (Å²) in [7, 11) is 0. The van der Waals surface area contributed by atoms with Gasteiger partial charge in [0.1, 0.15) is 0 Å². The molecule has 0 bridgehead atoms. The molecular weight excluding hydrogens is 292 g/mol. The predicted octanol–water partition coefficient (Wildman–Crippen LogP) is 0.661. The third kappa shape index (κ3) is 4.44. The number of nitrogens with zero attached hydrogens (tertiary/aromatic N) is 3. The minimum Gasteiger partial charge on any atom is -0.342 e. The van der Waals surface area contributed by atoms with E-state index in [1.54, 1.807) is 0 Å². The summed E-state index contributed by atoms with van der Waals surface area (Å²) in [5.74, 6) is 0.299. The van der Waals surface area contributed by atoms with E-state index in [0.717, 1.165) is 64.8 Å². The van der Waals surface area contributed by atoms with Gasteiger partial charge in [-0.15, -0.1) is 0 Å². The predicted molar refractivity (Wildman–Crippen MR) is 91.0 cm³/mol. The van der Waals surface area contributed by atoms with Gasteiger partial charge >= 0.3 is 0 Å². The van der Waals surface area contributed by atoms with E-state index in [2.05, 4.69) is 4.90 Å². The average Bonchev–Trinajstić information content (AvgIpc) is 2.86. The normalized spacial score (nSPS) is 22.0. The monoisotopic (exact) mass is 324 g/mol. The summed E-state index contributed by atoms with van der Waals surface area (Å²) < 4.78 is 0. The first kappa shape index (κ1) is 18.2. The second kappa shape index (κ2) is 8.11. The van der Waals surface area contributed by atoms with Crippen molar-refractivity contribution < 1.29 is 9.59 Å². The average molecular weight is 324 g/mol. The van der Waals surface area contributed by atoms with E-state index < -0.39 is 5.54 Å². The van der Waals surface area contributed by atoms with Crippen molar-refractivity contribution in [1.82, 2.24) is 14.7 Å². The van der Waals surface area contributed by atoms with Gasteiger partial charge in [0.25, 0.3) is 0 Å². The highest BCUT2D eigenvalue weighted by atomic mass is 16.2. The van der Waals surface area contributed by atoms with Crippen LogP contribution in [0.15, 0.2) is 0 Å². The number of nitrogens with two attached hydrogens (primary N) is 1. The van der Waals surface area contributed by atoms with Crippen LogP contribution in [-0.2, 0) is 9.59 Å². The second-order valence-electron chi connectivity index (χ2n) is 6.85. The molecule has 0 unspecified atom stereocenters. The van der Waals surface area contributed by atoms with E-state index in [0.29, 0.717) is 13.1 Å².